The fourth-order valence-electron chi connectivity index (χ4n) is 5.85. The summed E-state index contributed by atoms with van der Waals surface area (Å²) < 4.78 is 5.02. The maximum atomic E-state index is 5.32. The molecule has 2 nitrogen and oxygen atoms in total. The Hall–Kier alpha value is -4.47. The average Bonchev–Trinajstić information content (AvgIpc) is 3.54. The molecule has 0 aliphatic heterocycles. The highest BCUT2D eigenvalue weighted by Crippen LogP contribution is 2.43. The summed E-state index contributed by atoms with van der Waals surface area (Å²) >= 11 is 1.88. The van der Waals surface area contributed by atoms with Gasteiger partial charge in [-0.15, -0.1) is 11.3 Å². The van der Waals surface area contributed by atoms with Gasteiger partial charge in [0.1, 0.15) is 5.82 Å². The molecule has 0 amide bonds. The molecule has 0 N–H and O–H groups in total. The third-order valence-electron chi connectivity index (χ3n) is 7.62. The Bertz CT molecular complexity index is 2070. The van der Waals surface area contributed by atoms with Crippen LogP contribution in [0, 0.1) is 0 Å². The van der Waals surface area contributed by atoms with Crippen molar-refractivity contribution in [1.29, 1.82) is 0 Å². The molecule has 3 aromatic heterocycles. The van der Waals surface area contributed by atoms with E-state index in [2.05, 4.69) is 126 Å². The van der Waals surface area contributed by atoms with Crippen LogP contribution in [0.15, 0.2) is 121 Å². The van der Waals surface area contributed by atoms with Crippen LogP contribution in [-0.4, -0.2) is 9.55 Å². The van der Waals surface area contributed by atoms with Crippen molar-refractivity contribution in [1.82, 2.24) is 9.55 Å². The Morgan fingerprint density at radius 1 is 0.658 bits per heavy atom. The highest BCUT2D eigenvalue weighted by Gasteiger charge is 2.19. The number of rotatable bonds is 3. The van der Waals surface area contributed by atoms with Crippen molar-refractivity contribution >= 4 is 58.9 Å². The van der Waals surface area contributed by atoms with Gasteiger partial charge in [-0.05, 0) is 48.2 Å². The molecule has 1 aliphatic rings. The summed E-state index contributed by atoms with van der Waals surface area (Å²) in [5.74, 6) is 0.956. The monoisotopic (exact) mass is 504 g/mol. The topological polar surface area (TPSA) is 17.8 Å². The Morgan fingerprint density at radius 2 is 1.45 bits per heavy atom. The van der Waals surface area contributed by atoms with Crippen molar-refractivity contribution in [2.75, 3.05) is 0 Å². The average molecular weight is 505 g/mol. The van der Waals surface area contributed by atoms with E-state index in [4.69, 9.17) is 4.98 Å². The molecule has 7 aromatic rings. The van der Waals surface area contributed by atoms with Gasteiger partial charge in [-0.1, -0.05) is 97.1 Å². The second kappa shape index (κ2) is 8.54. The summed E-state index contributed by atoms with van der Waals surface area (Å²) in [6, 6.07) is 37.1. The van der Waals surface area contributed by atoms with Crippen LogP contribution in [-0.2, 0) is 0 Å². The first-order valence-corrected chi connectivity index (χ1v) is 14.0. The zero-order valence-electron chi connectivity index (χ0n) is 20.8. The minimum atomic E-state index is 0.956. The minimum Gasteiger partial charge on any atom is -0.292 e. The smallest absolute Gasteiger partial charge is 0.138 e. The van der Waals surface area contributed by atoms with Gasteiger partial charge in [-0.3, -0.25) is 4.57 Å². The molecule has 4 aromatic carbocycles. The van der Waals surface area contributed by atoms with Crippen molar-refractivity contribution in [2.45, 2.75) is 12.8 Å². The van der Waals surface area contributed by atoms with Gasteiger partial charge in [0.2, 0.25) is 0 Å². The van der Waals surface area contributed by atoms with E-state index >= 15 is 0 Å². The summed E-state index contributed by atoms with van der Waals surface area (Å²) in [5, 5.41) is 5.15. The molecule has 1 aliphatic carbocycles. The molecule has 38 heavy (non-hydrogen) atoms. The number of nitrogens with zero attached hydrogens (tertiary/aromatic N) is 2. The van der Waals surface area contributed by atoms with E-state index in [-0.39, 0.29) is 0 Å². The molecular formula is C35H24N2S. The van der Waals surface area contributed by atoms with Gasteiger partial charge >= 0.3 is 0 Å². The summed E-state index contributed by atoms with van der Waals surface area (Å²) in [7, 11) is 0. The Kier molecular flexibility index (Phi) is 4.86. The lowest BCUT2D eigenvalue weighted by atomic mass is 9.98. The summed E-state index contributed by atoms with van der Waals surface area (Å²) in [6.07, 6.45) is 9.06. The van der Waals surface area contributed by atoms with Gasteiger partial charge < -0.3 is 0 Å². The molecule has 0 unspecified atom stereocenters. The fraction of sp³-hybridized carbons (Fsp3) is 0.0571. The Balaban J connectivity index is 1.51. The second-order valence-corrected chi connectivity index (χ2v) is 10.9. The van der Waals surface area contributed by atoms with Gasteiger partial charge in [0.25, 0.3) is 0 Å². The van der Waals surface area contributed by atoms with Gasteiger partial charge in [-0.2, -0.15) is 0 Å². The normalized spacial score (nSPS) is 13.6. The largest absolute Gasteiger partial charge is 0.292 e. The van der Waals surface area contributed by atoms with Crippen molar-refractivity contribution in [3.63, 3.8) is 0 Å². The van der Waals surface area contributed by atoms with Crippen LogP contribution in [0.1, 0.15) is 18.4 Å². The Labute approximate surface area is 224 Å². The molecule has 180 valence electrons. The van der Waals surface area contributed by atoms with E-state index in [9.17, 15) is 0 Å². The quantitative estimate of drug-likeness (QED) is 0.234. The van der Waals surface area contributed by atoms with Gasteiger partial charge in [-0.25, -0.2) is 4.98 Å². The number of benzene rings is 4. The predicted molar refractivity (Wildman–Crippen MR) is 163 cm³/mol. The van der Waals surface area contributed by atoms with Crippen LogP contribution >= 0.6 is 11.3 Å². The lowest BCUT2D eigenvalue weighted by Crippen LogP contribution is -2.01. The van der Waals surface area contributed by atoms with Gasteiger partial charge in [0.05, 0.1) is 21.4 Å². The van der Waals surface area contributed by atoms with Crippen LogP contribution < -0.4 is 0 Å². The zero-order chi connectivity index (χ0) is 25.1. The summed E-state index contributed by atoms with van der Waals surface area (Å²) in [6.45, 7) is 0. The van der Waals surface area contributed by atoms with Gasteiger partial charge in [0.15, 0.2) is 0 Å². The molecule has 0 saturated heterocycles. The lowest BCUT2D eigenvalue weighted by Gasteiger charge is -2.14. The second-order valence-electron chi connectivity index (χ2n) is 9.89. The maximum Gasteiger partial charge on any atom is 0.138 e. The first-order valence-electron chi connectivity index (χ1n) is 13.1. The molecule has 0 fully saturated rings. The third kappa shape index (κ3) is 3.29. The van der Waals surface area contributed by atoms with E-state index in [1.807, 2.05) is 11.3 Å². The molecule has 0 bridgehead atoms. The van der Waals surface area contributed by atoms with E-state index in [1.165, 1.54) is 53.1 Å². The van der Waals surface area contributed by atoms with E-state index < -0.39 is 0 Å². The third-order valence-corrected chi connectivity index (χ3v) is 8.81. The van der Waals surface area contributed by atoms with E-state index in [0.29, 0.717) is 0 Å². The summed E-state index contributed by atoms with van der Waals surface area (Å²) in [4.78, 5) is 5.32. The van der Waals surface area contributed by atoms with Gasteiger partial charge in [0, 0.05) is 31.8 Å². The Morgan fingerprint density at radius 3 is 2.32 bits per heavy atom. The van der Waals surface area contributed by atoms with Crippen LogP contribution in [0.3, 0.4) is 0 Å². The first kappa shape index (κ1) is 21.6. The number of pyridine rings is 1. The van der Waals surface area contributed by atoms with Crippen molar-refractivity contribution < 1.29 is 0 Å². The number of thiophene rings is 1. The molecule has 0 atom stereocenters. The van der Waals surface area contributed by atoms with Crippen LogP contribution in [0.4, 0.5) is 0 Å². The van der Waals surface area contributed by atoms with Crippen LogP contribution in [0.5, 0.6) is 0 Å². The fourth-order valence-corrected chi connectivity index (χ4v) is 7.09. The number of hydrogen-bond acceptors (Lipinski definition) is 2. The standard InChI is InChI=1S/C35H24N2S/c1-3-11-23(12-4-1)25-21-30(24-13-5-2-6-14-24)36-33(22-25)37-31-17-9-7-15-26(31)28-19-20-29-27-16-8-10-18-32(27)38-35(29)34(28)37/h2-3,5-22H,1,4H2. The highest BCUT2D eigenvalue weighted by molar-refractivity contribution is 7.26. The number of fused-ring (bicyclic) bond motifs is 7. The number of para-hydroxylation sites is 1. The van der Waals surface area contributed by atoms with Crippen LogP contribution in [0.25, 0.3) is 64.6 Å². The molecule has 3 heteroatoms. The molecule has 3 heterocycles. The number of aromatic nitrogens is 2. The first-order chi connectivity index (χ1) is 18.8. The summed E-state index contributed by atoms with van der Waals surface area (Å²) in [5.41, 5.74) is 7.02. The van der Waals surface area contributed by atoms with Crippen molar-refractivity contribution in [2.24, 2.45) is 0 Å². The highest BCUT2D eigenvalue weighted by atomic mass is 32.1. The predicted octanol–water partition coefficient (Wildman–Crippen LogP) is 9.95. The van der Waals surface area contributed by atoms with Crippen molar-refractivity contribution in [3.05, 3.63) is 127 Å². The van der Waals surface area contributed by atoms with Crippen molar-refractivity contribution in [3.8, 4) is 17.1 Å². The molecule has 0 radical (unpaired) electrons. The van der Waals surface area contributed by atoms with E-state index in [1.54, 1.807) is 0 Å². The molecule has 8 rings (SSSR count). The SMILES string of the molecule is C1=CC(c2cc(-c3ccccc3)nc(-n3c4ccccc4c4ccc5c6ccccc6sc5c43)c2)=CCC1. The maximum absolute atomic E-state index is 5.32. The molecule has 0 spiro atoms. The number of hydrogen-bond donors (Lipinski definition) is 0. The van der Waals surface area contributed by atoms with E-state index in [0.717, 1.165) is 29.9 Å². The lowest BCUT2D eigenvalue weighted by molar-refractivity contribution is 1.04. The zero-order valence-corrected chi connectivity index (χ0v) is 21.6. The number of allylic oxidation sites excluding steroid dienone is 4. The molecule has 0 saturated carbocycles. The minimum absolute atomic E-state index is 0.956. The molecular weight excluding hydrogens is 480 g/mol. The van der Waals surface area contributed by atoms with Crippen LogP contribution in [0.2, 0.25) is 0 Å².